The maximum Gasteiger partial charge on any atom is 0.315 e. The number of fused-ring (bicyclic) bond motifs is 7. The molecule has 21 heteroatoms. The quantitative estimate of drug-likeness (QED) is 0.0727. The second-order valence-electron chi connectivity index (χ2n) is 25.4. The predicted octanol–water partition coefficient (Wildman–Crippen LogP) is -0.757. The van der Waals surface area contributed by atoms with Gasteiger partial charge in [-0.1, -0.05) is 60.1 Å². The Balaban J connectivity index is 0.920. The van der Waals surface area contributed by atoms with E-state index in [1.54, 1.807) is 0 Å². The number of aliphatic hydroxyl groups is 12. The Labute approximate surface area is 426 Å². The van der Waals surface area contributed by atoms with Crippen molar-refractivity contribution >= 4 is 5.97 Å². The van der Waals surface area contributed by atoms with Gasteiger partial charge in [0.1, 0.15) is 85.5 Å². The predicted molar refractivity (Wildman–Crippen MR) is 251 cm³/mol. The number of hydrogen-bond acceptors (Lipinski definition) is 21. The summed E-state index contributed by atoms with van der Waals surface area (Å²) in [5.41, 5.74) is -0.867. The van der Waals surface area contributed by atoms with E-state index >= 15 is 4.79 Å². The van der Waals surface area contributed by atoms with E-state index in [1.807, 2.05) is 0 Å². The Morgan fingerprint density at radius 1 is 0.616 bits per heavy atom. The first-order chi connectivity index (χ1) is 34.2. The molecule has 0 bridgehead atoms. The molecule has 9 rings (SSSR count). The Kier molecular flexibility index (Phi) is 15.6. The average Bonchev–Trinajstić information content (AvgIpc) is 3.34. The zero-order valence-corrected chi connectivity index (χ0v) is 43.2. The van der Waals surface area contributed by atoms with E-state index in [-0.39, 0.29) is 58.7 Å². The highest BCUT2D eigenvalue weighted by Crippen LogP contribution is 2.76. The lowest BCUT2D eigenvalue weighted by molar-refractivity contribution is -0.357. The molecule has 418 valence electrons. The molecule has 4 saturated heterocycles. The van der Waals surface area contributed by atoms with E-state index in [4.69, 9.17) is 37.9 Å². The molecule has 0 radical (unpaired) electrons. The average molecular weight is 1050 g/mol. The molecular formula is C52H84O21. The fraction of sp³-hybridized carbons (Fsp3) is 0.942. The lowest BCUT2D eigenvalue weighted by atomic mass is 9.33. The molecule has 0 aromatic rings. The van der Waals surface area contributed by atoms with Gasteiger partial charge in [-0.3, -0.25) is 4.79 Å². The van der Waals surface area contributed by atoms with Gasteiger partial charge in [0, 0.05) is 0 Å². The highest BCUT2D eigenvalue weighted by Gasteiger charge is 2.70. The number of aliphatic hydroxyl groups excluding tert-OH is 12. The monoisotopic (exact) mass is 1040 g/mol. The molecule has 8 fully saturated rings. The van der Waals surface area contributed by atoms with Crippen LogP contribution in [0.3, 0.4) is 0 Å². The van der Waals surface area contributed by atoms with Gasteiger partial charge in [0.2, 0.25) is 6.29 Å². The van der Waals surface area contributed by atoms with E-state index in [2.05, 4.69) is 54.5 Å². The summed E-state index contributed by atoms with van der Waals surface area (Å²) in [6.45, 7) is 14.4. The molecule has 0 amide bonds. The van der Waals surface area contributed by atoms with Crippen LogP contribution in [0.25, 0.3) is 0 Å². The fourth-order valence-electron chi connectivity index (χ4n) is 15.8. The molecule has 9 aliphatic rings. The zero-order valence-electron chi connectivity index (χ0n) is 43.2. The van der Waals surface area contributed by atoms with E-state index in [0.29, 0.717) is 25.7 Å². The highest BCUT2D eigenvalue weighted by atomic mass is 16.8. The van der Waals surface area contributed by atoms with Gasteiger partial charge in [-0.2, -0.15) is 0 Å². The molecule has 5 aliphatic carbocycles. The molecule has 4 heterocycles. The Hall–Kier alpha value is -1.55. The number of carbonyl (C=O) groups excluding carboxylic acids is 1. The zero-order chi connectivity index (χ0) is 53.1. The van der Waals surface area contributed by atoms with Gasteiger partial charge in [-0.05, 0) is 109 Å². The van der Waals surface area contributed by atoms with Crippen LogP contribution in [-0.2, 0) is 42.7 Å². The first kappa shape index (κ1) is 56.2. The summed E-state index contributed by atoms with van der Waals surface area (Å²) in [7, 11) is 0. The van der Waals surface area contributed by atoms with Crippen molar-refractivity contribution in [1.82, 2.24) is 0 Å². The SMILES string of the molecule is CC1(C)CCC2(C(=O)O[C@@H]3O[C@H](CO[C@@H]4O[C@H](CO)[C@@H](O)[C@@H](O)[C@H]4O)[C@@H](O)[C@H](O)[C@H]3O)CCC3(C)C(=CCC4C5(C)CCC(O[C@@H]6OC[C@@H](O)[C@@H](O)[C@H]6O[C@@H]6OC[C@@H](O)[C@@H](O)[C@H]6O)C(C)(C)C5CCC43C)C2C1. The molecule has 4 saturated carbocycles. The molecule has 0 aromatic carbocycles. The van der Waals surface area contributed by atoms with Crippen LogP contribution in [0.1, 0.15) is 113 Å². The summed E-state index contributed by atoms with van der Waals surface area (Å²) >= 11 is 0. The van der Waals surface area contributed by atoms with Gasteiger partial charge in [0.15, 0.2) is 18.9 Å². The number of esters is 1. The molecule has 4 aliphatic heterocycles. The third-order valence-corrected chi connectivity index (χ3v) is 20.6. The third-order valence-electron chi connectivity index (χ3n) is 20.6. The van der Waals surface area contributed by atoms with Crippen LogP contribution in [-0.4, -0.2) is 210 Å². The fourth-order valence-corrected chi connectivity index (χ4v) is 15.8. The molecule has 12 N–H and O–H groups in total. The molecule has 26 atom stereocenters. The molecular weight excluding hydrogens is 961 g/mol. The van der Waals surface area contributed by atoms with Gasteiger partial charge in [0.25, 0.3) is 0 Å². The lowest BCUT2D eigenvalue weighted by Gasteiger charge is -2.71. The summed E-state index contributed by atoms with van der Waals surface area (Å²) in [5, 5.41) is 127. The largest absolute Gasteiger partial charge is 0.432 e. The van der Waals surface area contributed by atoms with E-state index in [1.165, 1.54) is 5.57 Å². The van der Waals surface area contributed by atoms with Crippen molar-refractivity contribution in [2.75, 3.05) is 26.4 Å². The molecule has 8 unspecified atom stereocenters. The van der Waals surface area contributed by atoms with Crippen molar-refractivity contribution in [1.29, 1.82) is 0 Å². The third kappa shape index (κ3) is 9.29. The maximum atomic E-state index is 15.0. The van der Waals surface area contributed by atoms with Crippen LogP contribution in [0, 0.1) is 50.2 Å². The van der Waals surface area contributed by atoms with Crippen LogP contribution in [0.15, 0.2) is 11.6 Å². The molecule has 73 heavy (non-hydrogen) atoms. The normalized spacial score (nSPS) is 53.7. The van der Waals surface area contributed by atoms with Crippen molar-refractivity contribution in [2.45, 2.75) is 229 Å². The lowest BCUT2D eigenvalue weighted by Crippen LogP contribution is -2.66. The standard InChI is InChI=1S/C52H84O21/c1-47(2)14-16-52(46(65)73-44-40(64)37(61)35(59)28(70-44)22-68-42-39(63)36(60)34(58)27(19-53)69-42)17-15-50(6)23(24(52)18-47)8-9-30-49(5)12-11-31(48(3,4)29(49)10-13-51(30,50)7)71-45-41(33(57)26(55)21-67-45)72-43-38(62)32(56)25(54)20-66-43/h8,24-45,53-64H,9-22H2,1-7H3/t24?,25-,26-,27-,28-,29?,30?,31?,32-,33-,34-,35-,36-,37+,38-,39-,40-,41-,42-,43+,44+,45+,49?,50?,51?,52?/m1/s1. The molecule has 21 nitrogen and oxygen atoms in total. The van der Waals surface area contributed by atoms with Crippen molar-refractivity contribution in [3.8, 4) is 0 Å². The van der Waals surface area contributed by atoms with Crippen molar-refractivity contribution in [2.24, 2.45) is 50.2 Å². The number of allylic oxidation sites excluding steroid dienone is 2. The summed E-state index contributed by atoms with van der Waals surface area (Å²) in [6.07, 6.45) is -18.1. The Morgan fingerprint density at radius 2 is 1.22 bits per heavy atom. The van der Waals surface area contributed by atoms with Crippen LogP contribution >= 0.6 is 0 Å². The van der Waals surface area contributed by atoms with Gasteiger partial charge in [-0.15, -0.1) is 0 Å². The van der Waals surface area contributed by atoms with Gasteiger partial charge >= 0.3 is 5.97 Å². The van der Waals surface area contributed by atoms with E-state index in [0.717, 1.165) is 38.5 Å². The van der Waals surface area contributed by atoms with Crippen LogP contribution in [0.5, 0.6) is 0 Å². The van der Waals surface area contributed by atoms with Crippen molar-refractivity contribution in [3.63, 3.8) is 0 Å². The smallest absolute Gasteiger partial charge is 0.315 e. The number of carbonyl (C=O) groups is 1. The molecule has 0 aromatic heterocycles. The van der Waals surface area contributed by atoms with E-state index in [9.17, 15) is 61.3 Å². The second-order valence-corrected chi connectivity index (χ2v) is 25.4. The van der Waals surface area contributed by atoms with Gasteiger partial charge in [-0.25, -0.2) is 0 Å². The minimum Gasteiger partial charge on any atom is -0.432 e. The first-order valence-corrected chi connectivity index (χ1v) is 26.6. The van der Waals surface area contributed by atoms with Crippen LogP contribution in [0.4, 0.5) is 0 Å². The van der Waals surface area contributed by atoms with Gasteiger partial charge < -0.3 is 99.2 Å². The Morgan fingerprint density at radius 3 is 1.90 bits per heavy atom. The summed E-state index contributed by atoms with van der Waals surface area (Å²) < 4.78 is 47.5. The van der Waals surface area contributed by atoms with E-state index < -0.39 is 141 Å². The van der Waals surface area contributed by atoms with Crippen molar-refractivity contribution < 1.29 is 104 Å². The second kappa shape index (κ2) is 20.3. The number of hydrogen-bond donors (Lipinski definition) is 12. The summed E-state index contributed by atoms with van der Waals surface area (Å²) in [6, 6.07) is 0. The topological polar surface area (TPSA) is 334 Å². The van der Waals surface area contributed by atoms with Crippen LogP contribution in [0.2, 0.25) is 0 Å². The first-order valence-electron chi connectivity index (χ1n) is 26.6. The minimum absolute atomic E-state index is 0.113. The molecule has 0 spiro atoms. The van der Waals surface area contributed by atoms with Gasteiger partial charge in [0.05, 0.1) is 37.9 Å². The highest BCUT2D eigenvalue weighted by molar-refractivity contribution is 5.79. The minimum atomic E-state index is -1.82. The Bertz CT molecular complexity index is 2010. The van der Waals surface area contributed by atoms with Crippen LogP contribution < -0.4 is 0 Å². The number of rotatable bonds is 10. The summed E-state index contributed by atoms with van der Waals surface area (Å²) in [4.78, 5) is 15.0. The van der Waals surface area contributed by atoms with Crippen molar-refractivity contribution in [3.05, 3.63) is 11.6 Å². The summed E-state index contributed by atoms with van der Waals surface area (Å²) in [5.74, 6) is -0.311. The maximum absolute atomic E-state index is 15.0. The number of ether oxygens (including phenoxy) is 8.